The van der Waals surface area contributed by atoms with Crippen LogP contribution in [0.5, 0.6) is 0 Å². The van der Waals surface area contributed by atoms with E-state index in [1.165, 1.54) is 14.1 Å². The van der Waals surface area contributed by atoms with Gasteiger partial charge in [-0.2, -0.15) is 0 Å². The average Bonchev–Trinajstić information content (AvgIpc) is 3.10. The summed E-state index contributed by atoms with van der Waals surface area (Å²) in [7, 11) is 2.82. The first-order chi connectivity index (χ1) is 11.2. The molecular weight excluding hydrogens is 326 g/mol. The molecule has 0 bridgehead atoms. The van der Waals surface area contributed by atoms with Gasteiger partial charge >= 0.3 is 17.5 Å². The number of nitrogens with two attached hydrogens (primary N) is 1. The minimum Gasteiger partial charge on any atom is -0.409 e. The topological polar surface area (TPSA) is 185 Å². The van der Waals surface area contributed by atoms with E-state index in [4.69, 9.17) is 17.5 Å². The van der Waals surface area contributed by atoms with Crippen molar-refractivity contribution in [2.24, 2.45) is 25.0 Å². The van der Waals surface area contributed by atoms with Crippen molar-refractivity contribution in [3.8, 4) is 0 Å². The van der Waals surface area contributed by atoms with Crippen molar-refractivity contribution >= 4 is 23.3 Å². The number of oxime groups is 1. The molecule has 2 heterocycles. The van der Waals surface area contributed by atoms with E-state index in [2.05, 4.69) is 20.2 Å². The number of amidine groups is 1. The van der Waals surface area contributed by atoms with Gasteiger partial charge in [0.2, 0.25) is 0 Å². The molecule has 2 aromatic heterocycles. The fourth-order valence-electron chi connectivity index (χ4n) is 1.47. The molecule has 0 aromatic carbocycles. The molecule has 0 spiro atoms. The van der Waals surface area contributed by atoms with E-state index in [1.54, 1.807) is 0 Å². The summed E-state index contributed by atoms with van der Waals surface area (Å²) in [6, 6.07) is 2.25. The molecule has 2 rings (SSSR count). The molecule has 2 aromatic rings. The summed E-state index contributed by atoms with van der Waals surface area (Å²) in [5.74, 6) is -0.611. The zero-order chi connectivity index (χ0) is 18.4. The summed E-state index contributed by atoms with van der Waals surface area (Å²) in [5.41, 5.74) is 5.24. The van der Waals surface area contributed by atoms with E-state index in [1.807, 2.05) is 0 Å². The first-order valence-electron chi connectivity index (χ1n) is 5.93. The second kappa shape index (κ2) is 7.31. The van der Waals surface area contributed by atoms with Crippen LogP contribution >= 0.6 is 0 Å². The maximum Gasteiger partial charge on any atom is 0.351 e. The van der Waals surface area contributed by atoms with Gasteiger partial charge in [-0.15, -0.1) is 4.68 Å². The van der Waals surface area contributed by atoms with Crippen LogP contribution in [0.2, 0.25) is 0 Å². The Morgan fingerprint density at radius 1 is 1.25 bits per heavy atom. The number of aryl methyl sites for hydroxylation is 2. The second-order valence-electron chi connectivity index (χ2n) is 4.11. The van der Waals surface area contributed by atoms with Crippen LogP contribution < -0.4 is 5.73 Å². The molecule has 24 heavy (non-hydrogen) atoms. The minimum atomic E-state index is -0.610. The van der Waals surface area contributed by atoms with Crippen molar-refractivity contribution in [3.63, 3.8) is 0 Å². The first kappa shape index (κ1) is 18.0. The van der Waals surface area contributed by atoms with Gasteiger partial charge in [0.1, 0.15) is 14.1 Å². The Balaban J connectivity index is 0.000000243. The van der Waals surface area contributed by atoms with Crippen LogP contribution in [0.25, 0.3) is 4.85 Å². The highest BCUT2D eigenvalue weighted by molar-refractivity contribution is 5.95. The summed E-state index contributed by atoms with van der Waals surface area (Å²) in [6.45, 7) is 6.52. The Kier molecular flexibility index (Phi) is 5.49. The smallest absolute Gasteiger partial charge is 0.351 e. The van der Waals surface area contributed by atoms with Crippen LogP contribution in [-0.2, 0) is 14.1 Å². The van der Waals surface area contributed by atoms with E-state index in [9.17, 15) is 20.2 Å². The molecule has 0 aliphatic heterocycles. The van der Waals surface area contributed by atoms with Crippen molar-refractivity contribution in [1.82, 2.24) is 19.6 Å². The van der Waals surface area contributed by atoms with Gasteiger partial charge in [-0.3, -0.25) is 0 Å². The Labute approximate surface area is 133 Å². The van der Waals surface area contributed by atoms with Gasteiger partial charge in [-0.25, -0.2) is 0 Å². The lowest BCUT2D eigenvalue weighted by atomic mass is 10.4. The van der Waals surface area contributed by atoms with Gasteiger partial charge in [0.05, 0.1) is 17.2 Å². The quantitative estimate of drug-likeness (QED) is 0.200. The van der Waals surface area contributed by atoms with Crippen molar-refractivity contribution in [1.29, 1.82) is 0 Å². The van der Waals surface area contributed by atoms with Gasteiger partial charge in [-0.1, -0.05) is 21.5 Å². The number of rotatable bonds is 3. The van der Waals surface area contributed by atoms with Crippen LogP contribution in [0, 0.1) is 26.8 Å². The highest BCUT2D eigenvalue weighted by atomic mass is 16.6. The SMILES string of the molecule is Cn1nc(/C(N)=N/O)cc1[N+](=O)[O-].[C-]#[N+]c1cc([N+](=O)[O-])n(C)n1. The average molecular weight is 337 g/mol. The molecule has 0 amide bonds. The van der Waals surface area contributed by atoms with Gasteiger partial charge < -0.3 is 36.0 Å². The Morgan fingerprint density at radius 3 is 2.08 bits per heavy atom. The normalized spacial score (nSPS) is 10.5. The standard InChI is InChI=1S/C5H7N5O3.C5H4N4O2/c1-9-4(10(12)13)2-3(7-9)5(6)8-11;1-6-4-3-5(9(10)11)8(2)7-4/h2,11H,1H3,(H2,6,8);3H,2H3. The van der Waals surface area contributed by atoms with Gasteiger partial charge in [-0.05, 0) is 9.85 Å². The molecule has 3 N–H and O–H groups in total. The lowest BCUT2D eigenvalue weighted by molar-refractivity contribution is -0.392. The molecular formula is C10H11N9O5. The Morgan fingerprint density at radius 2 is 1.75 bits per heavy atom. The predicted molar refractivity (Wildman–Crippen MR) is 78.5 cm³/mol. The van der Waals surface area contributed by atoms with Crippen LogP contribution in [0.15, 0.2) is 17.3 Å². The summed E-state index contributed by atoms with van der Waals surface area (Å²) in [6.07, 6.45) is 0. The number of nitro groups is 2. The lowest BCUT2D eigenvalue weighted by Crippen LogP contribution is -2.13. The molecule has 0 aliphatic rings. The zero-order valence-electron chi connectivity index (χ0n) is 12.4. The van der Waals surface area contributed by atoms with E-state index in [0.717, 1.165) is 21.5 Å². The molecule has 0 fully saturated rings. The molecule has 14 nitrogen and oxygen atoms in total. The summed E-state index contributed by atoms with van der Waals surface area (Å²) in [4.78, 5) is 22.3. The Bertz CT molecular complexity index is 844. The Hall–Kier alpha value is -4.02. The number of nitrogens with zero attached hydrogens (tertiary/aromatic N) is 8. The van der Waals surface area contributed by atoms with E-state index in [-0.39, 0.29) is 29.0 Å². The van der Waals surface area contributed by atoms with E-state index < -0.39 is 9.85 Å². The highest BCUT2D eigenvalue weighted by Crippen LogP contribution is 2.17. The molecule has 126 valence electrons. The highest BCUT2D eigenvalue weighted by Gasteiger charge is 2.17. The number of hydrogen-bond acceptors (Lipinski definition) is 8. The monoisotopic (exact) mass is 337 g/mol. The van der Waals surface area contributed by atoms with Gasteiger partial charge in [0.25, 0.3) is 0 Å². The number of aromatic nitrogens is 4. The molecule has 0 saturated heterocycles. The van der Waals surface area contributed by atoms with Crippen molar-refractivity contribution < 1.29 is 15.1 Å². The van der Waals surface area contributed by atoms with Crippen LogP contribution in [-0.4, -0.2) is 40.5 Å². The van der Waals surface area contributed by atoms with Crippen molar-refractivity contribution in [3.05, 3.63) is 49.5 Å². The van der Waals surface area contributed by atoms with Crippen LogP contribution in [0.4, 0.5) is 17.5 Å². The van der Waals surface area contributed by atoms with Crippen molar-refractivity contribution in [2.75, 3.05) is 0 Å². The molecule has 14 heteroatoms. The summed E-state index contributed by atoms with van der Waals surface area (Å²) >= 11 is 0. The van der Waals surface area contributed by atoms with Crippen LogP contribution in [0.3, 0.4) is 0 Å². The third-order valence-corrected chi connectivity index (χ3v) is 2.56. The van der Waals surface area contributed by atoms with E-state index in [0.29, 0.717) is 0 Å². The zero-order valence-corrected chi connectivity index (χ0v) is 12.4. The van der Waals surface area contributed by atoms with Crippen molar-refractivity contribution in [2.45, 2.75) is 0 Å². The van der Waals surface area contributed by atoms with E-state index >= 15 is 0 Å². The largest absolute Gasteiger partial charge is 0.409 e. The maximum absolute atomic E-state index is 10.3. The van der Waals surface area contributed by atoms with Crippen LogP contribution in [0.1, 0.15) is 5.69 Å². The lowest BCUT2D eigenvalue weighted by Gasteiger charge is -1.89. The summed E-state index contributed by atoms with van der Waals surface area (Å²) < 4.78 is 2.10. The predicted octanol–water partition coefficient (Wildman–Crippen LogP) is 0.302. The number of hydrogen-bond donors (Lipinski definition) is 2. The third kappa shape index (κ3) is 4.00. The minimum absolute atomic E-state index is 0.0409. The van der Waals surface area contributed by atoms with Gasteiger partial charge in [0, 0.05) is 0 Å². The summed E-state index contributed by atoms with van der Waals surface area (Å²) in [5, 5.41) is 38.7. The molecule has 0 atom stereocenters. The molecule has 0 radical (unpaired) electrons. The molecule has 0 unspecified atom stereocenters. The molecule has 0 saturated carbocycles. The molecule has 0 aliphatic carbocycles. The third-order valence-electron chi connectivity index (χ3n) is 2.56. The van der Waals surface area contributed by atoms with Gasteiger partial charge in [0.15, 0.2) is 11.5 Å². The maximum atomic E-state index is 10.3. The fraction of sp³-hybridized carbons (Fsp3) is 0.200. The second-order valence-corrected chi connectivity index (χ2v) is 4.11. The fourth-order valence-corrected chi connectivity index (χ4v) is 1.47. The first-order valence-corrected chi connectivity index (χ1v) is 5.93.